The highest BCUT2D eigenvalue weighted by Gasteiger charge is 2.32. The quantitative estimate of drug-likeness (QED) is 0.175. The third kappa shape index (κ3) is 5.99. The Morgan fingerprint density at radius 3 is 1.30 bits per heavy atom. The summed E-state index contributed by atoms with van der Waals surface area (Å²) >= 11 is 0. The molecule has 286 valence electrons. The maximum Gasteiger partial charge on any atom is 0.416 e. The van der Waals surface area contributed by atoms with Crippen LogP contribution in [0.15, 0.2) is 164 Å². The number of fused-ring (bicyclic) bond motifs is 6. The average molecular weight is 783 g/mol. The molecule has 0 amide bonds. The van der Waals surface area contributed by atoms with Gasteiger partial charge in [-0.3, -0.25) is 0 Å². The summed E-state index contributed by atoms with van der Waals surface area (Å²) in [5.74, 6) is 0. The SMILES string of the molecule is Cc1ccc(-c2ccc3c(c2)c2ccccc2n3-c2cc(-c3cc(C#N)cc(C(F)(F)F)c3)cc(-n3c4ccccc4c4cc(-c5ccc(C)cc5)ccc43)c2C#N)cc1. The smallest absolute Gasteiger partial charge is 0.308 e. The number of benzene rings is 8. The number of hydrogen-bond acceptors (Lipinski definition) is 2. The van der Waals surface area contributed by atoms with Gasteiger partial charge in [0.15, 0.2) is 0 Å². The third-order valence-corrected chi connectivity index (χ3v) is 11.5. The van der Waals surface area contributed by atoms with Gasteiger partial charge in [-0.2, -0.15) is 23.7 Å². The van der Waals surface area contributed by atoms with E-state index in [1.165, 1.54) is 6.07 Å². The van der Waals surface area contributed by atoms with Crippen molar-refractivity contribution in [1.82, 2.24) is 9.13 Å². The number of para-hydroxylation sites is 2. The van der Waals surface area contributed by atoms with Gasteiger partial charge in [-0.05, 0) is 114 Å². The highest BCUT2D eigenvalue weighted by Crippen LogP contribution is 2.43. The first-order valence-electron chi connectivity index (χ1n) is 19.5. The molecule has 0 fully saturated rings. The van der Waals surface area contributed by atoms with Crippen LogP contribution in [0.25, 0.3) is 88.4 Å². The molecular formula is C53H33F3N4. The summed E-state index contributed by atoms with van der Waals surface area (Å²) in [5.41, 5.74) is 10.8. The van der Waals surface area contributed by atoms with Crippen LogP contribution in [0.3, 0.4) is 0 Å². The molecule has 7 heteroatoms. The number of rotatable bonds is 5. The summed E-state index contributed by atoms with van der Waals surface area (Å²) in [6, 6.07) is 56.6. The van der Waals surface area contributed by atoms with E-state index in [0.29, 0.717) is 22.5 Å². The van der Waals surface area contributed by atoms with Crippen LogP contribution >= 0.6 is 0 Å². The fourth-order valence-electron chi connectivity index (χ4n) is 8.58. The van der Waals surface area contributed by atoms with Gasteiger partial charge in [-0.1, -0.05) is 108 Å². The Balaban J connectivity index is 1.31. The Hall–Kier alpha value is -7.87. The lowest BCUT2D eigenvalue weighted by molar-refractivity contribution is -0.137. The minimum Gasteiger partial charge on any atom is -0.308 e. The summed E-state index contributed by atoms with van der Waals surface area (Å²) in [6.45, 7) is 4.11. The number of alkyl halides is 3. The number of halogens is 3. The van der Waals surface area contributed by atoms with Crippen LogP contribution in [0.2, 0.25) is 0 Å². The zero-order chi connectivity index (χ0) is 41.3. The first-order valence-corrected chi connectivity index (χ1v) is 19.5. The Morgan fingerprint density at radius 2 is 0.850 bits per heavy atom. The molecule has 0 aliphatic rings. The van der Waals surface area contributed by atoms with E-state index in [2.05, 4.69) is 105 Å². The molecule has 0 atom stereocenters. The van der Waals surface area contributed by atoms with Gasteiger partial charge in [-0.15, -0.1) is 0 Å². The molecule has 0 unspecified atom stereocenters. The highest BCUT2D eigenvalue weighted by molar-refractivity contribution is 6.12. The number of aromatic nitrogens is 2. The average Bonchev–Trinajstić information content (AvgIpc) is 3.78. The van der Waals surface area contributed by atoms with Crippen molar-refractivity contribution < 1.29 is 13.2 Å². The molecule has 8 aromatic carbocycles. The molecule has 4 nitrogen and oxygen atoms in total. The van der Waals surface area contributed by atoms with Crippen LogP contribution in [-0.2, 0) is 6.18 Å². The lowest BCUT2D eigenvalue weighted by Gasteiger charge is -2.19. The number of nitrogens with zero attached hydrogens (tertiary/aromatic N) is 4. The maximum absolute atomic E-state index is 14.4. The van der Waals surface area contributed by atoms with Crippen LogP contribution < -0.4 is 0 Å². The van der Waals surface area contributed by atoms with E-state index < -0.39 is 11.7 Å². The van der Waals surface area contributed by atoms with Gasteiger partial charge in [0.2, 0.25) is 0 Å². The Labute approximate surface area is 343 Å². The van der Waals surface area contributed by atoms with Crippen LogP contribution in [-0.4, -0.2) is 9.13 Å². The molecule has 10 aromatic rings. The van der Waals surface area contributed by atoms with Crippen LogP contribution in [0.5, 0.6) is 0 Å². The molecular weight excluding hydrogens is 750 g/mol. The van der Waals surface area contributed by atoms with E-state index in [4.69, 9.17) is 0 Å². The first-order chi connectivity index (χ1) is 29.1. The zero-order valence-electron chi connectivity index (χ0n) is 32.5. The standard InChI is InChI=1S/C53H33F3N4/c1-32-11-15-35(16-12-32)37-19-21-49-44(26-37)42-7-3-5-9-47(42)59(49)51-28-40(39-23-34(30-57)24-41(25-39)53(54,55)56)29-52(46(51)31-58)60-48-10-6-4-8-43(48)45-27-38(20-22-50(45)60)36-17-13-33(2)14-18-36/h3-29H,1-2H3. The van der Waals surface area contributed by atoms with Crippen LogP contribution in [0.4, 0.5) is 13.2 Å². The van der Waals surface area contributed by atoms with E-state index in [1.54, 1.807) is 12.1 Å². The second kappa shape index (κ2) is 13.9. The monoisotopic (exact) mass is 782 g/mol. The van der Waals surface area contributed by atoms with Gasteiger partial charge in [0.1, 0.15) is 11.6 Å². The van der Waals surface area contributed by atoms with Gasteiger partial charge in [0.25, 0.3) is 0 Å². The topological polar surface area (TPSA) is 57.4 Å². The second-order valence-corrected chi connectivity index (χ2v) is 15.3. The second-order valence-electron chi connectivity index (χ2n) is 15.3. The van der Waals surface area contributed by atoms with Crippen molar-refractivity contribution in [3.8, 4) is 56.9 Å². The van der Waals surface area contributed by atoms with Gasteiger partial charge in [-0.25, -0.2) is 0 Å². The Kier molecular flexibility index (Phi) is 8.45. The van der Waals surface area contributed by atoms with E-state index in [0.717, 1.165) is 89.1 Å². The van der Waals surface area contributed by atoms with Crippen molar-refractivity contribution in [2.75, 3.05) is 0 Å². The fourth-order valence-corrected chi connectivity index (χ4v) is 8.58. The highest BCUT2D eigenvalue weighted by atomic mass is 19.4. The first kappa shape index (κ1) is 36.5. The van der Waals surface area contributed by atoms with E-state index >= 15 is 0 Å². The molecule has 0 radical (unpaired) electrons. The molecule has 10 rings (SSSR count). The number of hydrogen-bond donors (Lipinski definition) is 0. The van der Waals surface area contributed by atoms with E-state index in [-0.39, 0.29) is 11.1 Å². The van der Waals surface area contributed by atoms with Crippen molar-refractivity contribution in [3.05, 3.63) is 192 Å². The van der Waals surface area contributed by atoms with Gasteiger partial charge in [0, 0.05) is 21.5 Å². The van der Waals surface area contributed by atoms with Crippen LogP contribution in [0, 0.1) is 36.5 Å². The Bertz CT molecular complexity index is 3260. The molecule has 0 aliphatic heterocycles. The fraction of sp³-hybridized carbons (Fsp3) is 0.0566. The van der Waals surface area contributed by atoms with Gasteiger partial charge >= 0.3 is 6.18 Å². The normalized spacial score (nSPS) is 11.7. The lowest BCUT2D eigenvalue weighted by Crippen LogP contribution is -2.07. The minimum absolute atomic E-state index is 0.117. The molecule has 0 saturated heterocycles. The largest absolute Gasteiger partial charge is 0.416 e. The van der Waals surface area contributed by atoms with Crippen LogP contribution in [0.1, 0.15) is 27.8 Å². The summed E-state index contributed by atoms with van der Waals surface area (Å²) in [7, 11) is 0. The summed E-state index contributed by atoms with van der Waals surface area (Å²) < 4.78 is 47.3. The molecule has 0 bridgehead atoms. The summed E-state index contributed by atoms with van der Waals surface area (Å²) in [4.78, 5) is 0. The van der Waals surface area contributed by atoms with Crippen molar-refractivity contribution in [2.24, 2.45) is 0 Å². The van der Waals surface area contributed by atoms with Crippen molar-refractivity contribution in [1.29, 1.82) is 10.5 Å². The molecule has 0 N–H and O–H groups in total. The molecule has 0 aliphatic carbocycles. The number of nitriles is 2. The zero-order valence-corrected chi connectivity index (χ0v) is 32.5. The third-order valence-electron chi connectivity index (χ3n) is 11.5. The Morgan fingerprint density at radius 1 is 0.417 bits per heavy atom. The molecule has 0 saturated carbocycles. The van der Waals surface area contributed by atoms with Crippen molar-refractivity contribution >= 4 is 43.6 Å². The van der Waals surface area contributed by atoms with Crippen molar-refractivity contribution in [2.45, 2.75) is 20.0 Å². The molecule has 2 aromatic heterocycles. The van der Waals surface area contributed by atoms with Crippen molar-refractivity contribution in [3.63, 3.8) is 0 Å². The lowest BCUT2D eigenvalue weighted by atomic mass is 9.96. The molecule has 60 heavy (non-hydrogen) atoms. The molecule has 2 heterocycles. The van der Waals surface area contributed by atoms with E-state index in [1.807, 2.05) is 63.7 Å². The maximum atomic E-state index is 14.4. The number of aryl methyl sites for hydroxylation is 2. The van der Waals surface area contributed by atoms with E-state index in [9.17, 15) is 23.7 Å². The molecule has 0 spiro atoms. The summed E-state index contributed by atoms with van der Waals surface area (Å²) in [6.07, 6.45) is -4.69. The predicted octanol–water partition coefficient (Wildman–Crippen LogP) is 14.3. The summed E-state index contributed by atoms with van der Waals surface area (Å²) in [5, 5.41) is 25.1. The van der Waals surface area contributed by atoms with Gasteiger partial charge in [0.05, 0.1) is 50.6 Å². The predicted molar refractivity (Wildman–Crippen MR) is 235 cm³/mol. The van der Waals surface area contributed by atoms with Gasteiger partial charge < -0.3 is 9.13 Å². The minimum atomic E-state index is -4.69.